The van der Waals surface area contributed by atoms with Gasteiger partial charge in [-0.15, -0.1) is 0 Å². The lowest BCUT2D eigenvalue weighted by Gasteiger charge is -2.33. The number of hydrogen-bond donors (Lipinski definition) is 2. The maximum atomic E-state index is 10.6. The van der Waals surface area contributed by atoms with Crippen LogP contribution < -0.4 is 0 Å². The van der Waals surface area contributed by atoms with E-state index < -0.39 is 24.3 Å². The number of halogens is 6. The highest BCUT2D eigenvalue weighted by Crippen LogP contribution is 2.33. The van der Waals surface area contributed by atoms with E-state index >= 15 is 0 Å². The number of aliphatic carboxylic acids is 2. The molecule has 0 aliphatic carbocycles. The first-order chi connectivity index (χ1) is 17.4. The molecule has 1 aromatic heterocycles. The van der Waals surface area contributed by atoms with Crippen molar-refractivity contribution >= 4 is 11.9 Å². The molecule has 218 valence electrons. The number of hydrogen-bond acceptors (Lipinski definition) is 7. The summed E-state index contributed by atoms with van der Waals surface area (Å²) in [6, 6.07) is 4.70. The van der Waals surface area contributed by atoms with Gasteiger partial charge in [-0.25, -0.2) is 9.59 Å². The lowest BCUT2D eigenvalue weighted by Crippen LogP contribution is -2.45. The Morgan fingerprint density at radius 2 is 1.76 bits per heavy atom. The first-order valence-electron chi connectivity index (χ1n) is 11.6. The molecular formula is C23H33F6N3O6. The molecule has 1 aromatic rings. The van der Waals surface area contributed by atoms with Crippen LogP contribution in [0.3, 0.4) is 0 Å². The van der Waals surface area contributed by atoms with Crippen molar-refractivity contribution in [2.45, 2.75) is 63.3 Å². The third-order valence-electron chi connectivity index (χ3n) is 5.75. The zero-order valence-corrected chi connectivity index (χ0v) is 21.3. The summed E-state index contributed by atoms with van der Waals surface area (Å²) in [5, 5.41) is 14.2. The van der Waals surface area contributed by atoms with Crippen LogP contribution in [0.25, 0.3) is 0 Å². The molecule has 38 heavy (non-hydrogen) atoms. The Labute approximate surface area is 216 Å². The Balaban J connectivity index is 0.000000426. The van der Waals surface area contributed by atoms with Crippen LogP contribution in [-0.2, 0) is 25.6 Å². The maximum absolute atomic E-state index is 10.6. The molecule has 2 N–H and O–H groups in total. The smallest absolute Gasteiger partial charge is 0.475 e. The minimum absolute atomic E-state index is 0.138. The van der Waals surface area contributed by atoms with Crippen molar-refractivity contribution in [3.63, 3.8) is 0 Å². The third-order valence-corrected chi connectivity index (χ3v) is 5.75. The second-order valence-electron chi connectivity index (χ2n) is 9.23. The van der Waals surface area contributed by atoms with Crippen LogP contribution in [-0.4, -0.2) is 107 Å². The quantitative estimate of drug-likeness (QED) is 0.522. The second-order valence-corrected chi connectivity index (χ2v) is 9.23. The van der Waals surface area contributed by atoms with Crippen LogP contribution in [0, 0.1) is 0 Å². The molecule has 9 nitrogen and oxygen atoms in total. The highest BCUT2D eigenvalue weighted by molar-refractivity contribution is 5.73. The normalized spacial score (nSPS) is 22.3. The van der Waals surface area contributed by atoms with E-state index in [9.17, 15) is 26.3 Å². The third kappa shape index (κ3) is 12.4. The summed E-state index contributed by atoms with van der Waals surface area (Å²) in [4.78, 5) is 26.8. The molecule has 2 unspecified atom stereocenters. The minimum atomic E-state index is -5.08. The molecule has 0 saturated carbocycles. The summed E-state index contributed by atoms with van der Waals surface area (Å²) < 4.78 is 75.9. The van der Waals surface area contributed by atoms with E-state index in [1.165, 1.54) is 5.56 Å². The van der Waals surface area contributed by atoms with Crippen LogP contribution in [0.15, 0.2) is 24.5 Å². The number of rotatable bonds is 5. The number of carbonyl (C=O) groups is 2. The number of alkyl halides is 6. The molecule has 1 spiro atoms. The summed E-state index contributed by atoms with van der Waals surface area (Å²) in [5.74, 6) is -5.51. The van der Waals surface area contributed by atoms with Gasteiger partial charge in [-0.1, -0.05) is 6.07 Å². The Morgan fingerprint density at radius 1 is 1.18 bits per heavy atom. The van der Waals surface area contributed by atoms with Gasteiger partial charge in [0.25, 0.3) is 0 Å². The lowest BCUT2D eigenvalue weighted by atomic mass is 10.00. The Bertz CT molecular complexity index is 847. The minimum Gasteiger partial charge on any atom is -0.475 e. The Kier molecular flexibility index (Phi) is 12.9. The number of likely N-dealkylation sites (N-methyl/N-ethyl adjacent to an activating group) is 1. The number of aromatic nitrogens is 1. The van der Waals surface area contributed by atoms with E-state index in [-0.39, 0.29) is 5.60 Å². The largest absolute Gasteiger partial charge is 0.490 e. The van der Waals surface area contributed by atoms with E-state index in [4.69, 9.17) is 29.3 Å². The van der Waals surface area contributed by atoms with Crippen LogP contribution >= 0.6 is 0 Å². The fourth-order valence-electron chi connectivity index (χ4n) is 3.65. The van der Waals surface area contributed by atoms with Gasteiger partial charge in [-0.2, -0.15) is 26.3 Å². The predicted molar refractivity (Wildman–Crippen MR) is 122 cm³/mol. The second kappa shape index (κ2) is 14.6. The molecule has 2 atom stereocenters. The van der Waals surface area contributed by atoms with E-state index in [0.29, 0.717) is 12.1 Å². The average Bonchev–Trinajstić information content (AvgIpc) is 3.07. The van der Waals surface area contributed by atoms with Gasteiger partial charge in [-0.3, -0.25) is 9.88 Å². The molecule has 2 saturated heterocycles. The highest BCUT2D eigenvalue weighted by atomic mass is 19.4. The van der Waals surface area contributed by atoms with Crippen molar-refractivity contribution in [1.29, 1.82) is 0 Å². The first-order valence-corrected chi connectivity index (χ1v) is 11.6. The van der Waals surface area contributed by atoms with Gasteiger partial charge in [0.05, 0.1) is 19.3 Å². The summed E-state index contributed by atoms with van der Waals surface area (Å²) >= 11 is 0. The summed E-state index contributed by atoms with van der Waals surface area (Å²) in [6.07, 6.45) is -3.85. The summed E-state index contributed by atoms with van der Waals surface area (Å²) in [5.41, 5.74) is 1.12. The van der Waals surface area contributed by atoms with Gasteiger partial charge >= 0.3 is 24.3 Å². The average molecular weight is 562 g/mol. The molecule has 3 heterocycles. The van der Waals surface area contributed by atoms with Gasteiger partial charge in [0, 0.05) is 44.6 Å². The number of pyridine rings is 1. The summed E-state index contributed by atoms with van der Waals surface area (Å²) in [6.45, 7) is 9.78. The monoisotopic (exact) mass is 561 g/mol. The van der Waals surface area contributed by atoms with E-state index in [0.717, 1.165) is 52.2 Å². The predicted octanol–water partition coefficient (Wildman–Crippen LogP) is 3.44. The zero-order chi connectivity index (χ0) is 29.1. The lowest BCUT2D eigenvalue weighted by molar-refractivity contribution is -0.193. The summed E-state index contributed by atoms with van der Waals surface area (Å²) in [7, 11) is 2.18. The van der Waals surface area contributed by atoms with Crippen molar-refractivity contribution in [2.75, 3.05) is 39.9 Å². The number of carboxylic acids is 2. The van der Waals surface area contributed by atoms with Crippen LogP contribution in [0.1, 0.15) is 32.3 Å². The van der Waals surface area contributed by atoms with E-state index in [2.05, 4.69) is 41.7 Å². The molecule has 0 aromatic carbocycles. The molecule has 2 aliphatic heterocycles. The van der Waals surface area contributed by atoms with Gasteiger partial charge < -0.3 is 24.6 Å². The number of carboxylic acid groups (broad SMARTS) is 2. The van der Waals surface area contributed by atoms with Crippen molar-refractivity contribution in [3.05, 3.63) is 30.1 Å². The first kappa shape index (κ1) is 33.5. The van der Waals surface area contributed by atoms with Gasteiger partial charge in [0.2, 0.25) is 0 Å². The molecule has 0 radical (unpaired) electrons. The number of nitrogens with zero attached hydrogens (tertiary/aromatic N) is 3. The maximum Gasteiger partial charge on any atom is 0.490 e. The van der Waals surface area contributed by atoms with Gasteiger partial charge in [0.15, 0.2) is 0 Å². The molecule has 0 amide bonds. The highest BCUT2D eigenvalue weighted by Gasteiger charge is 2.43. The standard InChI is InChI=1S/C19H31N3O2.2C2HF3O2/c1-16(2)21(3)13-18-6-7-19(24-18)14-22(9-10-23-15-19)12-17-5-4-8-20-11-17;2*3-2(4,5)1(6)7/h4-5,8,11,16,18H,6-7,9-10,12-15H2,1-3H3;2*(H,6,7). The Morgan fingerprint density at radius 3 is 2.24 bits per heavy atom. The SMILES string of the molecule is CC(C)N(C)CC1CCC2(COCCN(Cc3cccnc3)C2)O1.O=C(O)C(F)(F)F.O=C(O)C(F)(F)F. The molecule has 15 heteroatoms. The van der Waals surface area contributed by atoms with Crippen LogP contribution in [0.4, 0.5) is 26.3 Å². The van der Waals surface area contributed by atoms with Crippen molar-refractivity contribution in [3.8, 4) is 0 Å². The van der Waals surface area contributed by atoms with E-state index in [1.54, 1.807) is 0 Å². The number of ether oxygens (including phenoxy) is 2. The van der Waals surface area contributed by atoms with Gasteiger partial charge in [0.1, 0.15) is 5.60 Å². The molecule has 3 rings (SSSR count). The van der Waals surface area contributed by atoms with Crippen LogP contribution in [0.5, 0.6) is 0 Å². The fourth-order valence-corrected chi connectivity index (χ4v) is 3.65. The van der Waals surface area contributed by atoms with Crippen molar-refractivity contribution in [1.82, 2.24) is 14.8 Å². The molecular weight excluding hydrogens is 528 g/mol. The van der Waals surface area contributed by atoms with Crippen molar-refractivity contribution < 1.29 is 55.6 Å². The Hall–Kier alpha value is -2.49. The topological polar surface area (TPSA) is 112 Å². The molecule has 0 bridgehead atoms. The zero-order valence-electron chi connectivity index (χ0n) is 21.3. The van der Waals surface area contributed by atoms with Gasteiger partial charge in [-0.05, 0) is 45.4 Å². The fraction of sp³-hybridized carbons (Fsp3) is 0.696. The van der Waals surface area contributed by atoms with E-state index in [1.807, 2.05) is 18.5 Å². The molecule has 2 fully saturated rings. The van der Waals surface area contributed by atoms with Crippen LogP contribution in [0.2, 0.25) is 0 Å². The molecule has 2 aliphatic rings. The van der Waals surface area contributed by atoms with Crippen molar-refractivity contribution in [2.24, 2.45) is 0 Å².